The van der Waals surface area contributed by atoms with Crippen molar-refractivity contribution in [3.63, 3.8) is 0 Å². The van der Waals surface area contributed by atoms with Gasteiger partial charge in [0.1, 0.15) is 11.2 Å². The van der Waals surface area contributed by atoms with E-state index in [4.69, 9.17) is 4.42 Å². The molecule has 0 fully saturated rings. The average molecular weight is 777 g/mol. The molecule has 0 atom stereocenters. The summed E-state index contributed by atoms with van der Waals surface area (Å²) in [7, 11) is 0. The van der Waals surface area contributed by atoms with Crippen molar-refractivity contribution in [1.29, 1.82) is 0 Å². The molecule has 0 amide bonds. The van der Waals surface area contributed by atoms with Crippen molar-refractivity contribution in [3.05, 3.63) is 218 Å². The van der Waals surface area contributed by atoms with Gasteiger partial charge in [0.15, 0.2) is 0 Å². The quantitative estimate of drug-likeness (QED) is 0.171. The fraction of sp³-hybridized carbons (Fsp3) is 0. The van der Waals surface area contributed by atoms with Gasteiger partial charge in [-0.15, -0.1) is 0 Å². The SMILES string of the molecule is c1ccc(-c2cccc(-n3c4ccccc4c4cc(-c5cccc6oc7ccc(-c8cc9c%10ccccc%10n(-c%10ccccc%10)c9c9ccccc89)cc7c56)ccc43)c2)cc1. The van der Waals surface area contributed by atoms with E-state index < -0.39 is 0 Å². The summed E-state index contributed by atoms with van der Waals surface area (Å²) in [4.78, 5) is 0. The van der Waals surface area contributed by atoms with Gasteiger partial charge in [-0.25, -0.2) is 0 Å². The van der Waals surface area contributed by atoms with Crippen LogP contribution in [0.25, 0.3) is 121 Å². The van der Waals surface area contributed by atoms with Crippen LogP contribution in [0.3, 0.4) is 0 Å². The molecule has 0 aliphatic carbocycles. The Morgan fingerprint density at radius 1 is 0.279 bits per heavy atom. The third kappa shape index (κ3) is 5.11. The summed E-state index contributed by atoms with van der Waals surface area (Å²) in [6, 6.07) is 79.1. The third-order valence-electron chi connectivity index (χ3n) is 12.7. The molecule has 3 nitrogen and oxygen atoms in total. The molecule has 13 aromatic rings. The number of nitrogens with zero attached hydrogens (tertiary/aromatic N) is 2. The van der Waals surface area contributed by atoms with Crippen LogP contribution in [0.4, 0.5) is 0 Å². The number of hydrogen-bond acceptors (Lipinski definition) is 1. The zero-order chi connectivity index (χ0) is 40.0. The van der Waals surface area contributed by atoms with Crippen LogP contribution in [0.2, 0.25) is 0 Å². The fourth-order valence-corrected chi connectivity index (χ4v) is 10.0. The lowest BCUT2D eigenvalue weighted by atomic mass is 9.93. The number of furan rings is 1. The van der Waals surface area contributed by atoms with Crippen molar-refractivity contribution >= 4 is 76.3 Å². The molecule has 0 radical (unpaired) electrons. The first-order valence-electron chi connectivity index (χ1n) is 20.9. The first-order chi connectivity index (χ1) is 30.3. The number of rotatable bonds is 5. The van der Waals surface area contributed by atoms with E-state index in [0.29, 0.717) is 0 Å². The number of fused-ring (bicyclic) bond motifs is 11. The second kappa shape index (κ2) is 13.2. The molecule has 0 aliphatic heterocycles. The predicted octanol–water partition coefficient (Wildman–Crippen LogP) is 15.9. The standard InChI is InChI=1S/C58H36N2O/c1-3-15-37(16-4-1)38-17-13-20-42(33-38)59-52-26-11-9-22-45(52)49-34-39(29-31-54(49)59)43-25-14-28-56-57(43)51-35-40(30-32-55(51)61-56)48-36-50-46-23-10-12-27-53(46)60(41-18-5-2-6-19-41)58(50)47-24-8-7-21-44(47)48/h1-36H. The average Bonchev–Trinajstić information content (AvgIpc) is 3.99. The van der Waals surface area contributed by atoms with Crippen LogP contribution in [-0.2, 0) is 0 Å². The van der Waals surface area contributed by atoms with Crippen LogP contribution in [0.1, 0.15) is 0 Å². The van der Waals surface area contributed by atoms with Crippen LogP contribution < -0.4 is 0 Å². The number of aromatic nitrogens is 2. The second-order valence-electron chi connectivity index (χ2n) is 16.0. The van der Waals surface area contributed by atoms with E-state index in [0.717, 1.165) is 50.0 Å². The highest BCUT2D eigenvalue weighted by Gasteiger charge is 2.20. The molecule has 3 heterocycles. The van der Waals surface area contributed by atoms with E-state index in [-0.39, 0.29) is 0 Å². The van der Waals surface area contributed by atoms with Crippen molar-refractivity contribution in [2.45, 2.75) is 0 Å². The summed E-state index contributed by atoms with van der Waals surface area (Å²) >= 11 is 0. The summed E-state index contributed by atoms with van der Waals surface area (Å²) in [6.07, 6.45) is 0. The highest BCUT2D eigenvalue weighted by Crippen LogP contribution is 2.44. The van der Waals surface area contributed by atoms with Crippen LogP contribution in [0.15, 0.2) is 223 Å². The molecule has 0 saturated carbocycles. The van der Waals surface area contributed by atoms with E-state index in [1.54, 1.807) is 0 Å². The maximum absolute atomic E-state index is 6.63. The summed E-state index contributed by atoms with van der Waals surface area (Å²) < 4.78 is 11.5. The number of hydrogen-bond donors (Lipinski definition) is 0. The Labute approximate surface area is 351 Å². The van der Waals surface area contributed by atoms with Gasteiger partial charge in [-0.2, -0.15) is 0 Å². The van der Waals surface area contributed by atoms with E-state index in [1.807, 2.05) is 0 Å². The molecule has 10 aromatic carbocycles. The summed E-state index contributed by atoms with van der Waals surface area (Å²) in [5.74, 6) is 0. The molecule has 61 heavy (non-hydrogen) atoms. The first-order valence-corrected chi connectivity index (χ1v) is 20.9. The molecule has 0 unspecified atom stereocenters. The molecular formula is C58H36N2O. The lowest BCUT2D eigenvalue weighted by Gasteiger charge is -2.13. The van der Waals surface area contributed by atoms with Gasteiger partial charge in [-0.3, -0.25) is 0 Å². The Hall–Kier alpha value is -8.14. The maximum atomic E-state index is 6.63. The normalized spacial score (nSPS) is 11.9. The first kappa shape index (κ1) is 33.8. The fourth-order valence-electron chi connectivity index (χ4n) is 10.0. The molecule has 0 spiro atoms. The second-order valence-corrected chi connectivity index (χ2v) is 16.0. The van der Waals surface area contributed by atoms with Crippen LogP contribution in [0, 0.1) is 0 Å². The largest absolute Gasteiger partial charge is 0.456 e. The van der Waals surface area contributed by atoms with Crippen molar-refractivity contribution < 1.29 is 4.42 Å². The minimum absolute atomic E-state index is 0.883. The van der Waals surface area contributed by atoms with Gasteiger partial charge in [0, 0.05) is 49.1 Å². The van der Waals surface area contributed by atoms with Crippen molar-refractivity contribution in [2.24, 2.45) is 0 Å². The van der Waals surface area contributed by atoms with E-state index in [2.05, 4.69) is 228 Å². The predicted molar refractivity (Wildman–Crippen MR) is 256 cm³/mol. The van der Waals surface area contributed by atoms with Gasteiger partial charge in [0.05, 0.1) is 22.1 Å². The zero-order valence-electron chi connectivity index (χ0n) is 33.1. The Morgan fingerprint density at radius 3 is 1.69 bits per heavy atom. The minimum Gasteiger partial charge on any atom is -0.456 e. The summed E-state index contributed by atoms with van der Waals surface area (Å²) in [6.45, 7) is 0. The van der Waals surface area contributed by atoms with Crippen LogP contribution in [0.5, 0.6) is 0 Å². The molecule has 0 aliphatic rings. The van der Waals surface area contributed by atoms with E-state index >= 15 is 0 Å². The van der Waals surface area contributed by atoms with Gasteiger partial charge in [-0.05, 0) is 112 Å². The summed E-state index contributed by atoms with van der Waals surface area (Å²) in [5.41, 5.74) is 16.0. The van der Waals surface area contributed by atoms with E-state index in [1.165, 1.54) is 71.1 Å². The van der Waals surface area contributed by atoms with Gasteiger partial charge >= 0.3 is 0 Å². The number of benzene rings is 10. The van der Waals surface area contributed by atoms with Crippen molar-refractivity contribution in [2.75, 3.05) is 0 Å². The Kier molecular flexibility index (Phi) is 7.31. The topological polar surface area (TPSA) is 23.0 Å². The molecule has 3 aromatic heterocycles. The molecule has 0 N–H and O–H groups in total. The van der Waals surface area contributed by atoms with Crippen LogP contribution >= 0.6 is 0 Å². The van der Waals surface area contributed by atoms with Gasteiger partial charge in [0.2, 0.25) is 0 Å². The third-order valence-corrected chi connectivity index (χ3v) is 12.7. The lowest BCUT2D eigenvalue weighted by Crippen LogP contribution is -1.94. The molecular weight excluding hydrogens is 741 g/mol. The highest BCUT2D eigenvalue weighted by atomic mass is 16.3. The van der Waals surface area contributed by atoms with Gasteiger partial charge in [0.25, 0.3) is 0 Å². The molecule has 284 valence electrons. The van der Waals surface area contributed by atoms with Crippen molar-refractivity contribution in [3.8, 4) is 44.8 Å². The highest BCUT2D eigenvalue weighted by molar-refractivity contribution is 6.23. The molecule has 0 saturated heterocycles. The number of para-hydroxylation sites is 3. The van der Waals surface area contributed by atoms with Crippen LogP contribution in [-0.4, -0.2) is 9.13 Å². The maximum Gasteiger partial charge on any atom is 0.136 e. The lowest BCUT2D eigenvalue weighted by molar-refractivity contribution is 0.669. The van der Waals surface area contributed by atoms with E-state index in [9.17, 15) is 0 Å². The summed E-state index contributed by atoms with van der Waals surface area (Å²) in [5, 5.41) is 9.62. The molecule has 13 rings (SSSR count). The van der Waals surface area contributed by atoms with Gasteiger partial charge < -0.3 is 13.6 Å². The molecule has 3 heteroatoms. The van der Waals surface area contributed by atoms with Crippen molar-refractivity contribution in [1.82, 2.24) is 9.13 Å². The monoisotopic (exact) mass is 776 g/mol. The Morgan fingerprint density at radius 2 is 0.869 bits per heavy atom. The van der Waals surface area contributed by atoms with Gasteiger partial charge in [-0.1, -0.05) is 146 Å². The molecule has 0 bridgehead atoms. The minimum atomic E-state index is 0.883. The Bertz CT molecular complexity index is 3870. The smallest absolute Gasteiger partial charge is 0.136 e. The zero-order valence-corrected chi connectivity index (χ0v) is 33.1. The Balaban J connectivity index is 1.00.